The van der Waals surface area contributed by atoms with Crippen LogP contribution >= 0.6 is 0 Å². The minimum Gasteiger partial charge on any atom is -0.391 e. The maximum Gasteiger partial charge on any atom is 0.279 e. The molecular formula is C13H26N2O3S. The number of rotatable bonds is 3. The van der Waals surface area contributed by atoms with Crippen molar-refractivity contribution >= 4 is 10.2 Å². The van der Waals surface area contributed by atoms with E-state index in [2.05, 4.69) is 18.6 Å². The second-order valence-electron chi connectivity index (χ2n) is 6.34. The van der Waals surface area contributed by atoms with E-state index in [1.807, 2.05) is 0 Å². The zero-order chi connectivity index (χ0) is 14.0. The zero-order valence-electron chi connectivity index (χ0n) is 11.9. The third-order valence-corrected chi connectivity index (χ3v) is 5.78. The highest BCUT2D eigenvalue weighted by Gasteiger charge is 2.34. The number of aliphatic hydroxyl groups is 1. The second-order valence-corrected chi connectivity index (χ2v) is 8.05. The molecule has 0 aromatic carbocycles. The number of hydrogen-bond donors (Lipinski definition) is 2. The van der Waals surface area contributed by atoms with E-state index in [0.717, 1.165) is 25.7 Å². The van der Waals surface area contributed by atoms with Crippen molar-refractivity contribution in [3.8, 4) is 0 Å². The van der Waals surface area contributed by atoms with Crippen molar-refractivity contribution in [2.75, 3.05) is 13.1 Å². The van der Waals surface area contributed by atoms with Gasteiger partial charge < -0.3 is 5.11 Å². The lowest BCUT2D eigenvalue weighted by Crippen LogP contribution is -2.53. The maximum atomic E-state index is 12.4. The number of piperidine rings is 1. The van der Waals surface area contributed by atoms with Crippen molar-refractivity contribution in [3.05, 3.63) is 0 Å². The summed E-state index contributed by atoms with van der Waals surface area (Å²) in [4.78, 5) is 0. The largest absolute Gasteiger partial charge is 0.391 e. The summed E-state index contributed by atoms with van der Waals surface area (Å²) >= 11 is 0. The van der Waals surface area contributed by atoms with Gasteiger partial charge in [-0.15, -0.1) is 0 Å². The van der Waals surface area contributed by atoms with Crippen molar-refractivity contribution in [3.63, 3.8) is 0 Å². The Morgan fingerprint density at radius 2 is 1.68 bits per heavy atom. The molecule has 1 heterocycles. The van der Waals surface area contributed by atoms with Crippen LogP contribution in [-0.2, 0) is 10.2 Å². The van der Waals surface area contributed by atoms with Crippen molar-refractivity contribution in [2.45, 2.75) is 58.1 Å². The number of nitrogens with one attached hydrogen (secondary N) is 1. The van der Waals surface area contributed by atoms with Crippen molar-refractivity contribution < 1.29 is 13.5 Å². The number of hydrogen-bond acceptors (Lipinski definition) is 3. The van der Waals surface area contributed by atoms with Crippen LogP contribution < -0.4 is 4.72 Å². The molecule has 2 N–H and O–H groups in total. The zero-order valence-corrected chi connectivity index (χ0v) is 12.7. The number of nitrogens with zero attached hydrogens (tertiary/aromatic N) is 1. The molecule has 2 unspecified atom stereocenters. The minimum atomic E-state index is -3.46. The third kappa shape index (κ3) is 3.90. The first kappa shape index (κ1) is 15.2. The summed E-state index contributed by atoms with van der Waals surface area (Å²) < 4.78 is 29.0. The molecule has 1 saturated heterocycles. The quantitative estimate of drug-likeness (QED) is 0.818. The van der Waals surface area contributed by atoms with Gasteiger partial charge in [0.1, 0.15) is 0 Å². The first-order valence-corrected chi connectivity index (χ1v) is 8.78. The molecule has 5 nitrogen and oxygen atoms in total. The normalized spacial score (nSPS) is 38.3. The summed E-state index contributed by atoms with van der Waals surface area (Å²) in [7, 11) is -3.46. The molecule has 0 amide bonds. The molecule has 2 aliphatic rings. The van der Waals surface area contributed by atoms with Gasteiger partial charge in [-0.1, -0.05) is 26.7 Å². The van der Waals surface area contributed by atoms with E-state index in [0.29, 0.717) is 31.3 Å². The highest BCUT2D eigenvalue weighted by Crippen LogP contribution is 2.24. The summed E-state index contributed by atoms with van der Waals surface area (Å²) in [6, 6.07) is -0.314. The van der Waals surface area contributed by atoms with E-state index < -0.39 is 16.3 Å². The number of aliphatic hydroxyl groups excluding tert-OH is 1. The first-order valence-electron chi connectivity index (χ1n) is 7.34. The molecule has 2 fully saturated rings. The summed E-state index contributed by atoms with van der Waals surface area (Å²) in [5.41, 5.74) is 0. The van der Waals surface area contributed by atoms with E-state index in [1.54, 1.807) is 4.31 Å². The summed E-state index contributed by atoms with van der Waals surface area (Å²) in [6.45, 7) is 5.35. The van der Waals surface area contributed by atoms with Gasteiger partial charge >= 0.3 is 0 Å². The molecule has 0 bridgehead atoms. The van der Waals surface area contributed by atoms with Crippen LogP contribution in [0.25, 0.3) is 0 Å². The topological polar surface area (TPSA) is 69.6 Å². The molecule has 1 saturated carbocycles. The molecule has 1 aliphatic carbocycles. The predicted molar refractivity (Wildman–Crippen MR) is 74.8 cm³/mol. The van der Waals surface area contributed by atoms with Crippen LogP contribution in [0.1, 0.15) is 46.0 Å². The molecule has 2 rings (SSSR count). The van der Waals surface area contributed by atoms with Gasteiger partial charge in [-0.25, -0.2) is 0 Å². The van der Waals surface area contributed by atoms with Crippen LogP contribution in [0.15, 0.2) is 0 Å². The fraction of sp³-hybridized carbons (Fsp3) is 1.00. The van der Waals surface area contributed by atoms with Crippen LogP contribution in [0.3, 0.4) is 0 Å². The van der Waals surface area contributed by atoms with Crippen LogP contribution in [0, 0.1) is 11.8 Å². The van der Waals surface area contributed by atoms with E-state index in [1.165, 1.54) is 0 Å². The standard InChI is InChI=1S/C13H26N2O3S/c1-10-7-11(2)9-15(8-10)19(17,18)14-12-5-3-4-6-13(12)16/h10-14,16H,3-9H2,1-2H3/t10?,11?,12-,13-/m0/s1. The summed E-state index contributed by atoms with van der Waals surface area (Å²) in [5, 5.41) is 9.89. The molecule has 0 spiro atoms. The molecule has 0 radical (unpaired) electrons. The Morgan fingerprint density at radius 3 is 2.26 bits per heavy atom. The fourth-order valence-electron chi connectivity index (χ4n) is 3.32. The van der Waals surface area contributed by atoms with Crippen LogP contribution in [0.2, 0.25) is 0 Å². The van der Waals surface area contributed by atoms with E-state index in [9.17, 15) is 13.5 Å². The van der Waals surface area contributed by atoms with Gasteiger partial charge in [0.25, 0.3) is 10.2 Å². The van der Waals surface area contributed by atoms with Gasteiger partial charge in [0.05, 0.1) is 6.10 Å². The lowest BCUT2D eigenvalue weighted by molar-refractivity contribution is 0.0994. The van der Waals surface area contributed by atoms with E-state index >= 15 is 0 Å². The minimum absolute atomic E-state index is 0.314. The molecule has 19 heavy (non-hydrogen) atoms. The van der Waals surface area contributed by atoms with Crippen LogP contribution in [0.5, 0.6) is 0 Å². The van der Waals surface area contributed by atoms with Gasteiger partial charge in [-0.3, -0.25) is 0 Å². The average Bonchev–Trinajstić information content (AvgIpc) is 2.31. The van der Waals surface area contributed by atoms with Gasteiger partial charge in [-0.05, 0) is 31.1 Å². The first-order chi connectivity index (χ1) is 8.88. The third-order valence-electron chi connectivity index (χ3n) is 4.21. The monoisotopic (exact) mass is 290 g/mol. The molecule has 6 heteroatoms. The van der Waals surface area contributed by atoms with Gasteiger partial charge in [0.15, 0.2) is 0 Å². The SMILES string of the molecule is CC1CC(C)CN(S(=O)(=O)N[C@H]2CCCC[C@@H]2O)C1. The van der Waals surface area contributed by atoms with Gasteiger partial charge in [0, 0.05) is 19.1 Å². The smallest absolute Gasteiger partial charge is 0.279 e. The lowest BCUT2D eigenvalue weighted by atomic mass is 9.93. The fourth-order valence-corrected chi connectivity index (χ4v) is 5.02. The molecule has 1 aliphatic heterocycles. The molecule has 112 valence electrons. The van der Waals surface area contributed by atoms with Crippen molar-refractivity contribution in [1.82, 2.24) is 9.03 Å². The van der Waals surface area contributed by atoms with E-state index in [4.69, 9.17) is 0 Å². The highest BCUT2D eigenvalue weighted by atomic mass is 32.2. The van der Waals surface area contributed by atoms with Crippen LogP contribution in [0.4, 0.5) is 0 Å². The van der Waals surface area contributed by atoms with Crippen molar-refractivity contribution in [2.24, 2.45) is 11.8 Å². The molecule has 4 atom stereocenters. The molecule has 0 aromatic heterocycles. The Balaban J connectivity index is 2.01. The summed E-state index contributed by atoms with van der Waals surface area (Å²) in [5.74, 6) is 0.799. The van der Waals surface area contributed by atoms with E-state index in [-0.39, 0.29) is 6.04 Å². The van der Waals surface area contributed by atoms with Gasteiger partial charge in [-0.2, -0.15) is 17.4 Å². The van der Waals surface area contributed by atoms with Crippen molar-refractivity contribution in [1.29, 1.82) is 0 Å². The Bertz CT molecular complexity index is 389. The Hall–Kier alpha value is -0.170. The maximum absolute atomic E-state index is 12.4. The average molecular weight is 290 g/mol. The molecule has 0 aromatic rings. The predicted octanol–water partition coefficient (Wildman–Crippen LogP) is 1.10. The lowest BCUT2D eigenvalue weighted by Gasteiger charge is -2.36. The molecular weight excluding hydrogens is 264 g/mol. The Kier molecular flexibility index (Phi) is 4.87. The second kappa shape index (κ2) is 6.08. The van der Waals surface area contributed by atoms with Crippen LogP contribution in [-0.4, -0.2) is 43.1 Å². The summed E-state index contributed by atoms with van der Waals surface area (Å²) in [6.07, 6.45) is 3.94. The Morgan fingerprint density at radius 1 is 1.11 bits per heavy atom. The Labute approximate surface area is 116 Å². The highest BCUT2D eigenvalue weighted by molar-refractivity contribution is 7.87. The van der Waals surface area contributed by atoms with Gasteiger partial charge in [0.2, 0.25) is 0 Å².